The van der Waals surface area contributed by atoms with Crippen LogP contribution in [0.25, 0.3) is 0 Å². The highest BCUT2D eigenvalue weighted by molar-refractivity contribution is 6.32. The van der Waals surface area contributed by atoms with Crippen molar-refractivity contribution in [2.24, 2.45) is 0 Å². The zero-order chi connectivity index (χ0) is 20.0. The van der Waals surface area contributed by atoms with Crippen molar-refractivity contribution >= 4 is 11.6 Å². The molecule has 0 saturated heterocycles. The van der Waals surface area contributed by atoms with E-state index in [1.165, 1.54) is 11.1 Å². The quantitative estimate of drug-likeness (QED) is 0.427. The van der Waals surface area contributed by atoms with Gasteiger partial charge in [-0.2, -0.15) is 0 Å². The molecule has 1 unspecified atom stereocenters. The highest BCUT2D eigenvalue weighted by Crippen LogP contribution is 2.37. The maximum absolute atomic E-state index is 9.75. The maximum atomic E-state index is 9.75. The van der Waals surface area contributed by atoms with Gasteiger partial charge in [0, 0.05) is 0 Å². The number of para-hydroxylation sites is 1. The minimum atomic E-state index is 0.00236. The number of hydrogen-bond acceptors (Lipinski definition) is 2. The van der Waals surface area contributed by atoms with Crippen LogP contribution < -0.4 is 4.74 Å². The molecule has 0 radical (unpaired) electrons. The average molecular weight is 395 g/mol. The molecule has 0 saturated carbocycles. The summed E-state index contributed by atoms with van der Waals surface area (Å²) < 4.78 is 5.97. The van der Waals surface area contributed by atoms with E-state index in [4.69, 9.17) is 16.3 Å². The molecule has 0 fully saturated rings. The molecule has 1 N–H and O–H groups in total. The van der Waals surface area contributed by atoms with Gasteiger partial charge in [0.15, 0.2) is 0 Å². The highest BCUT2D eigenvalue weighted by Gasteiger charge is 2.26. The lowest BCUT2D eigenvalue weighted by Gasteiger charge is -2.30. The van der Waals surface area contributed by atoms with E-state index in [1.807, 2.05) is 54.6 Å². The first-order valence-corrected chi connectivity index (χ1v) is 10.2. The summed E-state index contributed by atoms with van der Waals surface area (Å²) in [4.78, 5) is 0. The third kappa shape index (κ3) is 5.08. The second-order valence-corrected chi connectivity index (χ2v) is 7.95. The number of phenols is 1. The third-order valence-electron chi connectivity index (χ3n) is 5.29. The van der Waals surface area contributed by atoms with Gasteiger partial charge in [-0.1, -0.05) is 68.3 Å². The predicted octanol–water partition coefficient (Wildman–Crippen LogP) is 7.53. The van der Waals surface area contributed by atoms with Crippen LogP contribution in [0.2, 0.25) is 5.02 Å². The van der Waals surface area contributed by atoms with Crippen LogP contribution in [0.5, 0.6) is 17.2 Å². The minimum Gasteiger partial charge on any atom is -0.506 e. The van der Waals surface area contributed by atoms with Gasteiger partial charge in [-0.05, 0) is 72.2 Å². The first kappa shape index (κ1) is 20.3. The normalized spacial score (nSPS) is 13.1. The lowest BCUT2D eigenvalue weighted by atomic mass is 9.74. The number of phenolic OH excluding ortho intramolecular Hbond substituents is 1. The molecule has 0 amide bonds. The molecule has 3 heteroatoms. The van der Waals surface area contributed by atoms with E-state index >= 15 is 0 Å². The van der Waals surface area contributed by atoms with E-state index in [0.29, 0.717) is 5.02 Å². The number of benzene rings is 3. The van der Waals surface area contributed by atoms with Crippen LogP contribution in [0.4, 0.5) is 0 Å². The molecule has 28 heavy (non-hydrogen) atoms. The molecule has 0 aliphatic rings. The molecule has 0 aliphatic heterocycles. The largest absolute Gasteiger partial charge is 0.506 e. The topological polar surface area (TPSA) is 29.5 Å². The molecule has 0 heterocycles. The predicted molar refractivity (Wildman–Crippen MR) is 117 cm³/mol. The van der Waals surface area contributed by atoms with Gasteiger partial charge < -0.3 is 9.84 Å². The van der Waals surface area contributed by atoms with E-state index in [9.17, 15) is 5.11 Å². The van der Waals surface area contributed by atoms with Gasteiger partial charge in [0.05, 0.1) is 5.02 Å². The highest BCUT2D eigenvalue weighted by atomic mass is 35.5. The minimum absolute atomic E-state index is 0.00236. The first-order valence-electron chi connectivity index (χ1n) is 9.81. The molecule has 3 aromatic carbocycles. The first-order chi connectivity index (χ1) is 13.5. The molecule has 1 atom stereocenters. The Bertz CT molecular complexity index is 907. The zero-order valence-corrected chi connectivity index (χ0v) is 17.2. The van der Waals surface area contributed by atoms with E-state index < -0.39 is 0 Å². The Balaban J connectivity index is 1.74. The van der Waals surface area contributed by atoms with E-state index in [-0.39, 0.29) is 11.2 Å². The number of ether oxygens (including phenoxy) is 1. The molecular formula is C25H27ClO2. The molecule has 0 bridgehead atoms. The van der Waals surface area contributed by atoms with E-state index in [2.05, 4.69) is 26.0 Å². The van der Waals surface area contributed by atoms with Gasteiger partial charge in [0.25, 0.3) is 0 Å². The number of rotatable bonds is 8. The number of halogens is 1. The fraction of sp³-hybridized carbons (Fsp3) is 0.280. The van der Waals surface area contributed by atoms with E-state index in [0.717, 1.165) is 37.2 Å². The van der Waals surface area contributed by atoms with Crippen LogP contribution in [-0.4, -0.2) is 5.11 Å². The van der Waals surface area contributed by atoms with Gasteiger partial charge in [0.1, 0.15) is 17.2 Å². The van der Waals surface area contributed by atoms with Crippen molar-refractivity contribution < 1.29 is 9.84 Å². The molecule has 0 spiro atoms. The van der Waals surface area contributed by atoms with E-state index in [1.54, 1.807) is 6.07 Å². The van der Waals surface area contributed by atoms with Crippen LogP contribution in [-0.2, 0) is 11.8 Å². The fourth-order valence-corrected chi connectivity index (χ4v) is 3.84. The van der Waals surface area contributed by atoms with Crippen molar-refractivity contribution in [3.8, 4) is 17.2 Å². The standard InChI is InChI=1S/C25H27ClO2/c1-3-15-25(2,20-12-13-24(27)23(26)18-20)16-14-19-8-7-11-22(17-19)28-21-9-5-4-6-10-21/h4-13,17-18,27H,3,14-16H2,1-2H3. The van der Waals surface area contributed by atoms with Gasteiger partial charge in [-0.15, -0.1) is 0 Å². The van der Waals surface area contributed by atoms with Gasteiger partial charge in [-0.3, -0.25) is 0 Å². The summed E-state index contributed by atoms with van der Waals surface area (Å²) in [6, 6.07) is 23.7. The van der Waals surface area contributed by atoms with Gasteiger partial charge >= 0.3 is 0 Å². The van der Waals surface area contributed by atoms with Crippen molar-refractivity contribution in [3.05, 3.63) is 88.9 Å². The summed E-state index contributed by atoms with van der Waals surface area (Å²) in [6.07, 6.45) is 4.10. The Labute approximate surface area is 172 Å². The summed E-state index contributed by atoms with van der Waals surface area (Å²) in [7, 11) is 0. The summed E-state index contributed by atoms with van der Waals surface area (Å²) in [5.41, 5.74) is 2.43. The van der Waals surface area contributed by atoms with Crippen molar-refractivity contribution in [2.45, 2.75) is 44.9 Å². The molecular weight excluding hydrogens is 368 g/mol. The van der Waals surface area contributed by atoms with Crippen molar-refractivity contribution in [3.63, 3.8) is 0 Å². The molecule has 0 aliphatic carbocycles. The second kappa shape index (κ2) is 9.16. The SMILES string of the molecule is CCCC(C)(CCc1cccc(Oc2ccccc2)c1)c1ccc(O)c(Cl)c1. The average Bonchev–Trinajstić information content (AvgIpc) is 2.70. The number of aromatic hydroxyl groups is 1. The summed E-state index contributed by atoms with van der Waals surface area (Å²) in [5, 5.41) is 10.2. The monoisotopic (exact) mass is 394 g/mol. The summed E-state index contributed by atoms with van der Waals surface area (Å²) in [6.45, 7) is 4.48. The van der Waals surface area contributed by atoms with Crippen LogP contribution in [0.1, 0.15) is 44.2 Å². The Hall–Kier alpha value is -2.45. The smallest absolute Gasteiger partial charge is 0.134 e. The van der Waals surface area contributed by atoms with Crippen LogP contribution in [0.3, 0.4) is 0 Å². The lowest BCUT2D eigenvalue weighted by molar-refractivity contribution is 0.395. The van der Waals surface area contributed by atoms with Crippen molar-refractivity contribution in [2.75, 3.05) is 0 Å². The molecule has 2 nitrogen and oxygen atoms in total. The molecule has 0 aromatic heterocycles. The Morgan fingerprint density at radius 1 is 0.893 bits per heavy atom. The van der Waals surface area contributed by atoms with Crippen molar-refractivity contribution in [1.82, 2.24) is 0 Å². The third-order valence-corrected chi connectivity index (χ3v) is 5.59. The van der Waals surface area contributed by atoms with Crippen molar-refractivity contribution in [1.29, 1.82) is 0 Å². The Morgan fingerprint density at radius 2 is 1.64 bits per heavy atom. The van der Waals surface area contributed by atoms with Crippen LogP contribution >= 0.6 is 11.6 Å². The zero-order valence-electron chi connectivity index (χ0n) is 16.5. The summed E-state index contributed by atoms with van der Waals surface area (Å²) >= 11 is 6.17. The van der Waals surface area contributed by atoms with Crippen LogP contribution in [0.15, 0.2) is 72.8 Å². The molecule has 3 aromatic rings. The van der Waals surface area contributed by atoms with Crippen LogP contribution in [0, 0.1) is 0 Å². The number of aryl methyl sites for hydroxylation is 1. The fourth-order valence-electron chi connectivity index (χ4n) is 3.66. The van der Waals surface area contributed by atoms with Gasteiger partial charge in [-0.25, -0.2) is 0 Å². The number of hydrogen-bond donors (Lipinski definition) is 1. The lowest BCUT2D eigenvalue weighted by Crippen LogP contribution is -2.22. The Morgan fingerprint density at radius 3 is 2.36 bits per heavy atom. The second-order valence-electron chi connectivity index (χ2n) is 7.54. The Kier molecular flexibility index (Phi) is 6.64. The summed E-state index contributed by atoms with van der Waals surface area (Å²) in [5.74, 6) is 1.83. The van der Waals surface area contributed by atoms with Gasteiger partial charge in [0.2, 0.25) is 0 Å². The maximum Gasteiger partial charge on any atom is 0.134 e. The molecule has 3 rings (SSSR count). The molecule has 146 valence electrons.